The Bertz CT molecular complexity index is 805. The minimum atomic E-state index is 0.200. The predicted octanol–water partition coefficient (Wildman–Crippen LogP) is 6.96. The van der Waals surface area contributed by atoms with E-state index in [1.807, 2.05) is 23.5 Å². The van der Waals surface area contributed by atoms with Crippen LogP contribution in [0.4, 0.5) is 0 Å². The quantitative estimate of drug-likeness (QED) is 0.517. The summed E-state index contributed by atoms with van der Waals surface area (Å²) in [5.41, 5.74) is 2.84. The van der Waals surface area contributed by atoms with Gasteiger partial charge in [0.05, 0.1) is 6.17 Å². The van der Waals surface area contributed by atoms with E-state index in [2.05, 4.69) is 100 Å². The fourth-order valence-electron chi connectivity index (χ4n) is 3.67. The molecule has 0 spiro atoms. The molecule has 0 amide bonds. The molecule has 0 aromatic heterocycles. The summed E-state index contributed by atoms with van der Waals surface area (Å²) < 4.78 is 0.414. The summed E-state index contributed by atoms with van der Waals surface area (Å²) in [5.74, 6) is 0. The lowest BCUT2D eigenvalue weighted by molar-refractivity contribution is 0.120. The van der Waals surface area contributed by atoms with Crippen LogP contribution >= 0.6 is 23.5 Å². The van der Waals surface area contributed by atoms with Gasteiger partial charge in [-0.3, -0.25) is 10.2 Å². The molecule has 0 radical (unpaired) electrons. The van der Waals surface area contributed by atoms with Crippen molar-refractivity contribution in [2.24, 2.45) is 0 Å². The van der Waals surface area contributed by atoms with Crippen LogP contribution in [-0.4, -0.2) is 27.5 Å². The van der Waals surface area contributed by atoms with Crippen LogP contribution < -0.4 is 5.32 Å². The molecule has 3 rings (SSSR count). The lowest BCUT2D eigenvalue weighted by Gasteiger charge is -2.38. The van der Waals surface area contributed by atoms with Crippen molar-refractivity contribution in [2.75, 3.05) is 13.1 Å². The Morgan fingerprint density at radius 1 is 0.862 bits per heavy atom. The molecule has 29 heavy (non-hydrogen) atoms. The van der Waals surface area contributed by atoms with Gasteiger partial charge in [0.25, 0.3) is 0 Å². The highest BCUT2D eigenvalue weighted by molar-refractivity contribution is 8.00. The van der Waals surface area contributed by atoms with Crippen LogP contribution in [0.15, 0.2) is 58.3 Å². The van der Waals surface area contributed by atoms with E-state index in [4.69, 9.17) is 0 Å². The van der Waals surface area contributed by atoms with Crippen LogP contribution in [0.3, 0.4) is 0 Å². The first-order valence-corrected chi connectivity index (χ1v) is 12.3. The average molecular weight is 429 g/mol. The Morgan fingerprint density at radius 3 is 2.14 bits per heavy atom. The smallest absolute Gasteiger partial charge is 0.0874 e. The second-order valence-corrected chi connectivity index (χ2v) is 13.5. The highest BCUT2D eigenvalue weighted by atomic mass is 32.2. The molecule has 1 saturated heterocycles. The standard InChI is InChI=1S/C25H36N2S2/c1-24(2,3)28-21-14-9-7-12-19(21)18-27-17-11-16-26-23(27)20-13-8-10-15-22(20)29-25(4,5)6/h7-10,12-15,23,26H,11,16-18H2,1-6H3. The number of benzene rings is 2. The predicted molar refractivity (Wildman–Crippen MR) is 130 cm³/mol. The van der Waals surface area contributed by atoms with Crippen molar-refractivity contribution in [3.8, 4) is 0 Å². The molecule has 0 saturated carbocycles. The van der Waals surface area contributed by atoms with Crippen LogP contribution in [0.1, 0.15) is 65.3 Å². The van der Waals surface area contributed by atoms with E-state index in [1.54, 1.807) is 0 Å². The first-order valence-electron chi connectivity index (χ1n) is 10.6. The first-order chi connectivity index (χ1) is 13.6. The van der Waals surface area contributed by atoms with Crippen LogP contribution in [0.25, 0.3) is 0 Å². The van der Waals surface area contributed by atoms with Gasteiger partial charge in [0, 0.05) is 32.4 Å². The number of hydrogen-bond donors (Lipinski definition) is 1. The second kappa shape index (κ2) is 9.47. The molecule has 1 heterocycles. The van der Waals surface area contributed by atoms with Gasteiger partial charge in [-0.25, -0.2) is 0 Å². The van der Waals surface area contributed by atoms with Crippen molar-refractivity contribution in [1.29, 1.82) is 0 Å². The van der Waals surface area contributed by atoms with Crippen molar-refractivity contribution < 1.29 is 0 Å². The van der Waals surface area contributed by atoms with Gasteiger partial charge in [-0.1, -0.05) is 77.9 Å². The zero-order valence-electron chi connectivity index (χ0n) is 18.8. The van der Waals surface area contributed by atoms with Gasteiger partial charge < -0.3 is 0 Å². The van der Waals surface area contributed by atoms with Gasteiger partial charge in [-0.2, -0.15) is 0 Å². The molecule has 0 bridgehead atoms. The van der Waals surface area contributed by atoms with E-state index in [9.17, 15) is 0 Å². The Morgan fingerprint density at radius 2 is 1.45 bits per heavy atom. The molecule has 2 aromatic rings. The fraction of sp³-hybridized carbons (Fsp3) is 0.520. The maximum atomic E-state index is 3.81. The summed E-state index contributed by atoms with van der Waals surface area (Å²) in [6, 6.07) is 17.9. The Balaban J connectivity index is 1.88. The van der Waals surface area contributed by atoms with Crippen molar-refractivity contribution in [2.45, 2.75) is 80.0 Å². The Labute approximate surface area is 186 Å². The summed E-state index contributed by atoms with van der Waals surface area (Å²) in [4.78, 5) is 5.41. The second-order valence-electron chi connectivity index (χ2n) is 9.76. The molecule has 1 atom stereocenters. The van der Waals surface area contributed by atoms with Crippen LogP contribution in [0.2, 0.25) is 0 Å². The van der Waals surface area contributed by atoms with Gasteiger partial charge >= 0.3 is 0 Å². The normalized spacial score (nSPS) is 18.8. The van der Waals surface area contributed by atoms with E-state index in [1.165, 1.54) is 27.3 Å². The van der Waals surface area contributed by atoms with Crippen LogP contribution in [-0.2, 0) is 6.54 Å². The lowest BCUT2D eigenvalue weighted by atomic mass is 10.1. The number of thioether (sulfide) groups is 2. The molecular formula is C25H36N2S2. The third-order valence-corrected chi connectivity index (χ3v) is 7.15. The molecule has 2 aromatic carbocycles. The first kappa shape index (κ1) is 22.7. The lowest BCUT2D eigenvalue weighted by Crippen LogP contribution is -2.44. The third kappa shape index (κ3) is 6.78. The summed E-state index contributed by atoms with van der Waals surface area (Å²) in [7, 11) is 0. The number of hydrogen-bond acceptors (Lipinski definition) is 4. The summed E-state index contributed by atoms with van der Waals surface area (Å²) in [5, 5.41) is 3.81. The molecule has 1 aliphatic rings. The maximum absolute atomic E-state index is 3.81. The van der Waals surface area contributed by atoms with Crippen molar-refractivity contribution in [3.63, 3.8) is 0 Å². The van der Waals surface area contributed by atoms with E-state index < -0.39 is 0 Å². The van der Waals surface area contributed by atoms with Crippen LogP contribution in [0, 0.1) is 0 Å². The van der Waals surface area contributed by atoms with Gasteiger partial charge in [0.15, 0.2) is 0 Å². The summed E-state index contributed by atoms with van der Waals surface area (Å²) in [6.07, 6.45) is 1.46. The zero-order chi connectivity index (χ0) is 21.1. The van der Waals surface area contributed by atoms with Crippen molar-refractivity contribution in [3.05, 3.63) is 59.7 Å². The SMILES string of the molecule is CC(C)(C)Sc1ccccc1CN1CCCNC1c1ccccc1SC(C)(C)C. The molecule has 4 heteroatoms. The Kier molecular flexibility index (Phi) is 7.42. The van der Waals surface area contributed by atoms with Crippen molar-refractivity contribution in [1.82, 2.24) is 10.2 Å². The van der Waals surface area contributed by atoms with E-state index >= 15 is 0 Å². The number of nitrogens with one attached hydrogen (secondary N) is 1. The van der Waals surface area contributed by atoms with E-state index in [-0.39, 0.29) is 15.7 Å². The molecule has 0 aliphatic carbocycles. The highest BCUT2D eigenvalue weighted by Gasteiger charge is 2.27. The maximum Gasteiger partial charge on any atom is 0.0874 e. The Hall–Kier alpha value is -0.940. The molecule has 158 valence electrons. The number of nitrogens with zero attached hydrogens (tertiary/aromatic N) is 1. The topological polar surface area (TPSA) is 15.3 Å². The summed E-state index contributed by atoms with van der Waals surface area (Å²) >= 11 is 3.94. The van der Waals surface area contributed by atoms with E-state index in [0.717, 1.165) is 19.6 Å². The monoisotopic (exact) mass is 428 g/mol. The fourth-order valence-corrected chi connectivity index (χ4v) is 5.84. The average Bonchev–Trinajstić information content (AvgIpc) is 2.62. The largest absolute Gasteiger partial charge is 0.298 e. The van der Waals surface area contributed by atoms with E-state index in [0.29, 0.717) is 0 Å². The van der Waals surface area contributed by atoms with Gasteiger partial charge in [-0.15, -0.1) is 23.5 Å². The molecule has 2 nitrogen and oxygen atoms in total. The number of rotatable bonds is 5. The van der Waals surface area contributed by atoms with Gasteiger partial charge in [0.1, 0.15) is 0 Å². The van der Waals surface area contributed by atoms with Gasteiger partial charge in [0.2, 0.25) is 0 Å². The van der Waals surface area contributed by atoms with Gasteiger partial charge in [-0.05, 0) is 36.2 Å². The minimum Gasteiger partial charge on any atom is -0.298 e. The highest BCUT2D eigenvalue weighted by Crippen LogP contribution is 2.39. The zero-order valence-corrected chi connectivity index (χ0v) is 20.4. The summed E-state index contributed by atoms with van der Waals surface area (Å²) in [6.45, 7) is 16.9. The minimum absolute atomic E-state index is 0.200. The molecule has 1 unspecified atom stereocenters. The molecule has 1 fully saturated rings. The van der Waals surface area contributed by atoms with Crippen LogP contribution in [0.5, 0.6) is 0 Å². The molecule has 1 N–H and O–H groups in total. The molecule has 1 aliphatic heterocycles. The molecular weight excluding hydrogens is 392 g/mol. The third-order valence-electron chi connectivity index (χ3n) is 4.72. The van der Waals surface area contributed by atoms with Crippen molar-refractivity contribution >= 4 is 23.5 Å².